The van der Waals surface area contributed by atoms with Crippen LogP contribution in [0.1, 0.15) is 22.3 Å². The summed E-state index contributed by atoms with van der Waals surface area (Å²) in [5.74, 6) is 1.04. The lowest BCUT2D eigenvalue weighted by atomic mass is 10.00. The van der Waals surface area contributed by atoms with Crippen LogP contribution in [-0.4, -0.2) is 40.1 Å². The van der Waals surface area contributed by atoms with Crippen molar-refractivity contribution < 1.29 is 26.5 Å². The highest BCUT2D eigenvalue weighted by Crippen LogP contribution is 2.33. The summed E-state index contributed by atoms with van der Waals surface area (Å²) in [7, 11) is -6.77. The van der Waals surface area contributed by atoms with Gasteiger partial charge in [-0.3, -0.25) is 13.4 Å². The number of anilines is 1. The maximum Gasteiger partial charge on any atom is 0.286 e. The van der Waals surface area contributed by atoms with Crippen molar-refractivity contribution in [2.45, 2.75) is 17.1 Å². The van der Waals surface area contributed by atoms with Gasteiger partial charge in [-0.05, 0) is 62.9 Å². The second-order valence-corrected chi connectivity index (χ2v) is 13.3. The predicted molar refractivity (Wildman–Crippen MR) is 143 cm³/mol. The quantitative estimate of drug-likeness (QED) is 0.364. The fourth-order valence-electron chi connectivity index (χ4n) is 4.42. The van der Waals surface area contributed by atoms with Gasteiger partial charge in [-0.1, -0.05) is 12.1 Å². The first-order valence-electron chi connectivity index (χ1n) is 11.2. The third-order valence-corrected chi connectivity index (χ3v) is 8.19. The van der Waals surface area contributed by atoms with Gasteiger partial charge in [0, 0.05) is 36.3 Å². The zero-order chi connectivity index (χ0) is 27.4. The SMILES string of the molecule is C=S(C)(=O)Cc1ccc2c(c1)S(=O)(=O)N=C(c1c(O)c(Cc3cc(F)cc(F)c3)c3ccccn3c1=O)N2. The number of nitrogens with one attached hydrogen (secondary N) is 1. The van der Waals surface area contributed by atoms with Gasteiger partial charge in [0.25, 0.3) is 15.6 Å². The summed E-state index contributed by atoms with van der Waals surface area (Å²) in [5.41, 5.74) is 0.00925. The highest BCUT2D eigenvalue weighted by atomic mass is 32.2. The molecule has 2 aromatic heterocycles. The van der Waals surface area contributed by atoms with E-state index in [1.807, 2.05) is 0 Å². The molecule has 4 aromatic rings. The summed E-state index contributed by atoms with van der Waals surface area (Å²) >= 11 is 0. The number of aromatic nitrogens is 1. The molecule has 0 saturated carbocycles. The molecule has 1 aliphatic rings. The Balaban J connectivity index is 1.69. The minimum Gasteiger partial charge on any atom is -0.507 e. The van der Waals surface area contributed by atoms with Crippen LogP contribution >= 0.6 is 0 Å². The summed E-state index contributed by atoms with van der Waals surface area (Å²) in [6.45, 7) is 0. The van der Waals surface area contributed by atoms with Crippen LogP contribution in [-0.2, 0) is 31.7 Å². The van der Waals surface area contributed by atoms with Crippen molar-refractivity contribution in [2.24, 2.45) is 4.40 Å². The second-order valence-electron chi connectivity index (χ2n) is 9.12. The first-order chi connectivity index (χ1) is 17.8. The molecule has 1 unspecified atom stereocenters. The molecule has 8 nitrogen and oxygen atoms in total. The number of halogens is 2. The van der Waals surface area contributed by atoms with Crippen LogP contribution in [0.15, 0.2) is 74.9 Å². The Kier molecular flexibility index (Phi) is 6.11. The number of fused-ring (bicyclic) bond motifs is 2. The second kappa shape index (κ2) is 9.07. The molecule has 3 heterocycles. The Labute approximate surface area is 217 Å². The van der Waals surface area contributed by atoms with Crippen LogP contribution < -0.4 is 10.9 Å². The molecule has 196 valence electrons. The fraction of sp³-hybridized carbons (Fsp3) is 0.115. The van der Waals surface area contributed by atoms with Crippen LogP contribution in [0.4, 0.5) is 14.5 Å². The Morgan fingerprint density at radius 2 is 1.79 bits per heavy atom. The topological polar surface area (TPSA) is 117 Å². The molecule has 0 bridgehead atoms. The maximum atomic E-state index is 13.9. The molecule has 38 heavy (non-hydrogen) atoms. The van der Waals surface area contributed by atoms with Crippen LogP contribution in [0.25, 0.3) is 5.52 Å². The first-order valence-corrected chi connectivity index (χ1v) is 14.9. The molecule has 0 amide bonds. The average molecular weight is 558 g/mol. The van der Waals surface area contributed by atoms with Crippen molar-refractivity contribution in [3.8, 4) is 5.75 Å². The van der Waals surface area contributed by atoms with Gasteiger partial charge in [-0.25, -0.2) is 8.78 Å². The number of rotatable bonds is 5. The number of pyridine rings is 2. The normalized spacial score (nSPS) is 15.8. The monoisotopic (exact) mass is 557 g/mol. The van der Waals surface area contributed by atoms with E-state index in [-0.39, 0.29) is 39.4 Å². The van der Waals surface area contributed by atoms with E-state index in [9.17, 15) is 31.3 Å². The van der Waals surface area contributed by atoms with Gasteiger partial charge >= 0.3 is 0 Å². The molecule has 0 fully saturated rings. The molecular formula is C26H21F2N3O5S2. The molecular weight excluding hydrogens is 536 g/mol. The lowest BCUT2D eigenvalue weighted by Crippen LogP contribution is -2.31. The Bertz CT molecular complexity index is 1930. The van der Waals surface area contributed by atoms with Crippen LogP contribution in [0, 0.1) is 11.6 Å². The van der Waals surface area contributed by atoms with Crippen molar-refractivity contribution in [1.82, 2.24) is 4.40 Å². The zero-order valence-corrected chi connectivity index (χ0v) is 21.6. The van der Waals surface area contributed by atoms with Gasteiger partial charge in [-0.2, -0.15) is 8.42 Å². The molecule has 12 heteroatoms. The largest absolute Gasteiger partial charge is 0.507 e. The maximum absolute atomic E-state index is 13.9. The van der Waals surface area contributed by atoms with Crippen molar-refractivity contribution in [3.63, 3.8) is 0 Å². The summed E-state index contributed by atoms with van der Waals surface area (Å²) < 4.78 is 71.0. The standard InChI is InChI=1S/C26H21F2N3O5S2/c1-37(2,34)14-15-6-7-20-22(12-15)38(35,36)30-25(29-20)23-24(32)19(11-16-9-17(27)13-18(28)10-16)21-5-3-4-8-31(21)26(23)33/h3-10,12-13,32H,1,11,14H2,2H3,(H,29,30). The molecule has 1 atom stereocenters. The molecule has 2 N–H and O–H groups in total. The van der Waals surface area contributed by atoms with Crippen LogP contribution in [0.3, 0.4) is 0 Å². The van der Waals surface area contributed by atoms with Gasteiger partial charge in [-0.15, -0.1) is 4.40 Å². The molecule has 2 aromatic carbocycles. The van der Waals surface area contributed by atoms with E-state index in [4.69, 9.17) is 0 Å². The van der Waals surface area contributed by atoms with E-state index in [1.165, 1.54) is 29.0 Å². The van der Waals surface area contributed by atoms with Gasteiger partial charge in [0.05, 0.1) is 11.2 Å². The third kappa shape index (κ3) is 4.79. The summed E-state index contributed by atoms with van der Waals surface area (Å²) in [6, 6.07) is 12.0. The molecule has 0 saturated heterocycles. The van der Waals surface area contributed by atoms with E-state index >= 15 is 0 Å². The lowest BCUT2D eigenvalue weighted by molar-refractivity contribution is 0.467. The van der Waals surface area contributed by atoms with Gasteiger partial charge in [0.1, 0.15) is 27.8 Å². The highest BCUT2D eigenvalue weighted by molar-refractivity contribution is 7.98. The van der Waals surface area contributed by atoms with E-state index < -0.39 is 53.9 Å². The molecule has 1 aliphatic heterocycles. The van der Waals surface area contributed by atoms with Crippen LogP contribution in [0.2, 0.25) is 0 Å². The zero-order valence-electron chi connectivity index (χ0n) is 19.9. The predicted octanol–water partition coefficient (Wildman–Crippen LogP) is 3.28. The number of benzene rings is 2. The first kappa shape index (κ1) is 25.6. The summed E-state index contributed by atoms with van der Waals surface area (Å²) in [5, 5.41) is 14.1. The van der Waals surface area contributed by atoms with Gasteiger partial charge in [0.15, 0.2) is 5.84 Å². The number of sulfonamides is 1. The van der Waals surface area contributed by atoms with E-state index in [0.29, 0.717) is 11.6 Å². The molecule has 5 rings (SSSR count). The van der Waals surface area contributed by atoms with Crippen LogP contribution in [0.5, 0.6) is 5.75 Å². The third-order valence-electron chi connectivity index (χ3n) is 5.92. The number of hydrogen-bond donors (Lipinski definition) is 2. The molecule has 0 spiro atoms. The minimum absolute atomic E-state index is 0.0587. The number of aromatic hydroxyl groups is 1. The van der Waals surface area contributed by atoms with Crippen molar-refractivity contribution in [3.05, 3.63) is 105 Å². The van der Waals surface area contributed by atoms with Crippen molar-refractivity contribution in [1.29, 1.82) is 0 Å². The minimum atomic E-state index is -4.33. The summed E-state index contributed by atoms with van der Waals surface area (Å²) in [6.07, 6.45) is 2.72. The smallest absolute Gasteiger partial charge is 0.286 e. The number of nitrogens with zero attached hydrogens (tertiary/aromatic N) is 2. The van der Waals surface area contributed by atoms with Gasteiger partial charge in [0.2, 0.25) is 0 Å². The Morgan fingerprint density at radius 3 is 2.47 bits per heavy atom. The van der Waals surface area contributed by atoms with Crippen molar-refractivity contribution in [2.75, 3.05) is 11.6 Å². The Hall–Kier alpha value is -4.03. The van der Waals surface area contributed by atoms with Gasteiger partial charge < -0.3 is 10.4 Å². The van der Waals surface area contributed by atoms with E-state index in [0.717, 1.165) is 12.1 Å². The molecule has 0 aliphatic carbocycles. The van der Waals surface area contributed by atoms with E-state index in [2.05, 4.69) is 15.6 Å². The molecule has 0 radical (unpaired) electrons. The lowest BCUT2D eigenvalue weighted by Gasteiger charge is -2.21. The Morgan fingerprint density at radius 1 is 1.08 bits per heavy atom. The number of hydrogen-bond acceptors (Lipinski definition) is 6. The van der Waals surface area contributed by atoms with Crippen molar-refractivity contribution >= 4 is 42.5 Å². The fourth-order valence-corrected chi connectivity index (χ4v) is 6.48. The number of amidine groups is 1. The summed E-state index contributed by atoms with van der Waals surface area (Å²) in [4.78, 5) is 13.2. The highest BCUT2D eigenvalue weighted by Gasteiger charge is 2.30. The van der Waals surface area contributed by atoms with E-state index in [1.54, 1.807) is 24.3 Å². The average Bonchev–Trinajstić information content (AvgIpc) is 2.80.